The summed E-state index contributed by atoms with van der Waals surface area (Å²) in [6.45, 7) is 6.79. The molecule has 1 aliphatic rings. The van der Waals surface area contributed by atoms with Crippen LogP contribution >= 0.6 is 0 Å². The Balaban J connectivity index is 2.25. The van der Waals surface area contributed by atoms with Crippen LogP contribution in [0.3, 0.4) is 0 Å². The van der Waals surface area contributed by atoms with Gasteiger partial charge >= 0.3 is 0 Å². The van der Waals surface area contributed by atoms with E-state index in [4.69, 9.17) is 0 Å². The minimum Gasteiger partial charge on any atom is -0.366 e. The smallest absolute Gasteiger partial charge is 0.0371 e. The summed E-state index contributed by atoms with van der Waals surface area (Å²) in [5.41, 5.74) is 2.72. The van der Waals surface area contributed by atoms with Gasteiger partial charge in [-0.1, -0.05) is 17.7 Å². The molecule has 0 saturated carbocycles. The number of benzene rings is 1. The molecule has 2 atom stereocenters. The maximum Gasteiger partial charge on any atom is 0.0371 e. The monoisotopic (exact) mass is 189 g/mol. The van der Waals surface area contributed by atoms with Gasteiger partial charge in [-0.25, -0.2) is 0 Å². The quantitative estimate of drug-likeness (QED) is 0.654. The summed E-state index contributed by atoms with van der Waals surface area (Å²) in [5, 5.41) is 0. The molecule has 0 unspecified atom stereocenters. The Hall–Kier alpha value is -0.980. The SMILES string of the molecule is Cc1ccc(N2[C@@H](C)CC[C@@H]2C)cc1. The standard InChI is InChI=1S/C13H19N/c1-10-4-8-13(9-5-10)14-11(2)6-7-12(14)3/h4-5,8-9,11-12H,6-7H2,1-3H3/t11-,12-/m0/s1. The van der Waals surface area contributed by atoms with E-state index in [9.17, 15) is 0 Å². The minimum absolute atomic E-state index is 0.702. The van der Waals surface area contributed by atoms with Crippen molar-refractivity contribution in [3.05, 3.63) is 29.8 Å². The molecule has 2 rings (SSSR count). The van der Waals surface area contributed by atoms with Crippen LogP contribution in [0.2, 0.25) is 0 Å². The predicted octanol–water partition coefficient (Wildman–Crippen LogP) is 3.37. The lowest BCUT2D eigenvalue weighted by Crippen LogP contribution is -2.32. The van der Waals surface area contributed by atoms with Gasteiger partial charge in [-0.3, -0.25) is 0 Å². The summed E-state index contributed by atoms with van der Waals surface area (Å²) < 4.78 is 0. The van der Waals surface area contributed by atoms with Crippen LogP contribution in [0.4, 0.5) is 5.69 Å². The highest BCUT2D eigenvalue weighted by Gasteiger charge is 2.26. The molecule has 0 aromatic heterocycles. The fourth-order valence-corrected chi connectivity index (χ4v) is 2.42. The molecule has 0 amide bonds. The minimum atomic E-state index is 0.702. The van der Waals surface area contributed by atoms with Crippen LogP contribution in [0.25, 0.3) is 0 Å². The molecule has 1 aliphatic heterocycles. The number of nitrogens with zero attached hydrogens (tertiary/aromatic N) is 1. The average Bonchev–Trinajstić information content (AvgIpc) is 2.49. The second kappa shape index (κ2) is 3.64. The van der Waals surface area contributed by atoms with Gasteiger partial charge in [-0.15, -0.1) is 0 Å². The van der Waals surface area contributed by atoms with Crippen molar-refractivity contribution in [3.63, 3.8) is 0 Å². The molecule has 76 valence electrons. The lowest BCUT2D eigenvalue weighted by atomic mass is 10.2. The number of rotatable bonds is 1. The molecule has 1 aromatic rings. The van der Waals surface area contributed by atoms with Gasteiger partial charge < -0.3 is 4.90 Å². The lowest BCUT2D eigenvalue weighted by molar-refractivity contribution is 0.694. The third-order valence-corrected chi connectivity index (χ3v) is 3.28. The fraction of sp³-hybridized carbons (Fsp3) is 0.538. The van der Waals surface area contributed by atoms with E-state index < -0.39 is 0 Å². The van der Waals surface area contributed by atoms with Crippen LogP contribution in [-0.4, -0.2) is 12.1 Å². The second-order valence-electron chi connectivity index (χ2n) is 4.52. The van der Waals surface area contributed by atoms with Crippen LogP contribution in [0.5, 0.6) is 0 Å². The highest BCUT2D eigenvalue weighted by Crippen LogP contribution is 2.29. The van der Waals surface area contributed by atoms with Gasteiger partial charge in [0.05, 0.1) is 0 Å². The molecule has 1 heterocycles. The van der Waals surface area contributed by atoms with Gasteiger partial charge in [0.1, 0.15) is 0 Å². The number of hydrogen-bond donors (Lipinski definition) is 0. The van der Waals surface area contributed by atoms with E-state index in [0.29, 0.717) is 12.1 Å². The normalized spacial score (nSPS) is 26.9. The van der Waals surface area contributed by atoms with Gasteiger partial charge in [0.15, 0.2) is 0 Å². The molecular weight excluding hydrogens is 170 g/mol. The summed E-state index contributed by atoms with van der Waals surface area (Å²) in [5.74, 6) is 0. The zero-order valence-electron chi connectivity index (χ0n) is 9.33. The molecule has 1 nitrogen and oxygen atoms in total. The summed E-state index contributed by atoms with van der Waals surface area (Å²) >= 11 is 0. The molecule has 0 bridgehead atoms. The lowest BCUT2D eigenvalue weighted by Gasteiger charge is -2.28. The van der Waals surface area contributed by atoms with E-state index in [1.807, 2.05) is 0 Å². The van der Waals surface area contributed by atoms with Crippen LogP contribution < -0.4 is 4.90 Å². The van der Waals surface area contributed by atoms with Crippen LogP contribution in [0.1, 0.15) is 32.3 Å². The highest BCUT2D eigenvalue weighted by molar-refractivity contribution is 5.50. The third-order valence-electron chi connectivity index (χ3n) is 3.28. The van der Waals surface area contributed by atoms with Gasteiger partial charge in [-0.05, 0) is 45.7 Å². The summed E-state index contributed by atoms with van der Waals surface area (Å²) in [6.07, 6.45) is 2.66. The Morgan fingerprint density at radius 2 is 1.50 bits per heavy atom. The third kappa shape index (κ3) is 1.63. The van der Waals surface area contributed by atoms with Crippen molar-refractivity contribution in [1.82, 2.24) is 0 Å². The van der Waals surface area contributed by atoms with Crippen molar-refractivity contribution in [1.29, 1.82) is 0 Å². The molecule has 1 aromatic carbocycles. The first-order chi connectivity index (χ1) is 6.68. The molecule has 14 heavy (non-hydrogen) atoms. The van der Waals surface area contributed by atoms with Crippen LogP contribution in [-0.2, 0) is 0 Å². The van der Waals surface area contributed by atoms with Crippen molar-refractivity contribution >= 4 is 5.69 Å². The zero-order chi connectivity index (χ0) is 10.1. The maximum atomic E-state index is 2.54. The Labute approximate surface area is 86.7 Å². The zero-order valence-corrected chi connectivity index (χ0v) is 9.33. The van der Waals surface area contributed by atoms with Crippen molar-refractivity contribution in [2.75, 3.05) is 4.90 Å². The van der Waals surface area contributed by atoms with Gasteiger partial charge in [-0.2, -0.15) is 0 Å². The first kappa shape index (κ1) is 9.57. The molecule has 0 aliphatic carbocycles. The Kier molecular flexibility index (Phi) is 2.49. The Morgan fingerprint density at radius 3 is 2.00 bits per heavy atom. The van der Waals surface area contributed by atoms with Crippen molar-refractivity contribution in [2.24, 2.45) is 0 Å². The summed E-state index contributed by atoms with van der Waals surface area (Å²) in [7, 11) is 0. The predicted molar refractivity (Wildman–Crippen MR) is 61.8 cm³/mol. The molecule has 1 heteroatoms. The van der Waals surface area contributed by atoms with E-state index in [1.165, 1.54) is 24.1 Å². The number of anilines is 1. The van der Waals surface area contributed by atoms with Crippen LogP contribution in [0, 0.1) is 6.92 Å². The Morgan fingerprint density at radius 1 is 1.00 bits per heavy atom. The Bertz CT molecular complexity index is 292. The van der Waals surface area contributed by atoms with E-state index in [0.717, 1.165) is 0 Å². The number of hydrogen-bond acceptors (Lipinski definition) is 1. The summed E-state index contributed by atoms with van der Waals surface area (Å²) in [4.78, 5) is 2.54. The van der Waals surface area contributed by atoms with Crippen LogP contribution in [0.15, 0.2) is 24.3 Å². The number of aryl methyl sites for hydroxylation is 1. The van der Waals surface area contributed by atoms with E-state index in [1.54, 1.807) is 0 Å². The molecule has 1 fully saturated rings. The largest absolute Gasteiger partial charge is 0.366 e. The average molecular weight is 189 g/mol. The van der Waals surface area contributed by atoms with Crippen molar-refractivity contribution in [2.45, 2.75) is 45.7 Å². The van der Waals surface area contributed by atoms with E-state index in [-0.39, 0.29) is 0 Å². The highest BCUT2D eigenvalue weighted by atomic mass is 15.2. The van der Waals surface area contributed by atoms with Gasteiger partial charge in [0.25, 0.3) is 0 Å². The van der Waals surface area contributed by atoms with E-state index in [2.05, 4.69) is 49.9 Å². The van der Waals surface area contributed by atoms with E-state index >= 15 is 0 Å². The van der Waals surface area contributed by atoms with Crippen molar-refractivity contribution in [3.8, 4) is 0 Å². The van der Waals surface area contributed by atoms with Crippen molar-refractivity contribution < 1.29 is 0 Å². The molecule has 0 spiro atoms. The fourth-order valence-electron chi connectivity index (χ4n) is 2.42. The van der Waals surface area contributed by atoms with Gasteiger partial charge in [0.2, 0.25) is 0 Å². The topological polar surface area (TPSA) is 3.24 Å². The molecular formula is C13H19N. The maximum absolute atomic E-state index is 2.54. The molecule has 0 N–H and O–H groups in total. The van der Waals surface area contributed by atoms with Gasteiger partial charge in [0, 0.05) is 17.8 Å². The first-order valence-electron chi connectivity index (χ1n) is 5.53. The first-order valence-corrected chi connectivity index (χ1v) is 5.53. The molecule has 1 saturated heterocycles. The molecule has 0 radical (unpaired) electrons. The second-order valence-corrected chi connectivity index (χ2v) is 4.52. The summed E-state index contributed by atoms with van der Waals surface area (Å²) in [6, 6.07) is 10.3.